The second-order valence-electron chi connectivity index (χ2n) is 10.6. The molecular formula is C25H29ClN6O2. The van der Waals surface area contributed by atoms with Crippen molar-refractivity contribution in [2.24, 2.45) is 5.92 Å². The van der Waals surface area contributed by atoms with E-state index in [9.17, 15) is 5.11 Å². The monoisotopic (exact) mass is 480 g/mol. The first-order valence-electron chi connectivity index (χ1n) is 12.3. The number of likely N-dealkylation sites (tertiary alicyclic amines) is 1. The molecule has 5 aliphatic rings. The number of nitrogens with zero attached hydrogens (tertiary/aromatic N) is 5. The third-order valence-corrected chi connectivity index (χ3v) is 8.82. The lowest BCUT2D eigenvalue weighted by Gasteiger charge is -2.61. The number of aliphatic hydroxyl groups excluding tert-OH is 1. The number of piperidine rings is 1. The normalized spacial score (nSPS) is 31.4. The molecule has 2 aromatic heterocycles. The van der Waals surface area contributed by atoms with Gasteiger partial charge in [-0.25, -0.2) is 9.97 Å². The lowest BCUT2D eigenvalue weighted by atomic mass is 9.50. The zero-order valence-electron chi connectivity index (χ0n) is 19.0. The molecule has 2 aliphatic heterocycles. The predicted octanol–water partition coefficient (Wildman–Crippen LogP) is 3.67. The van der Waals surface area contributed by atoms with Crippen LogP contribution in [0.2, 0.25) is 5.02 Å². The van der Waals surface area contributed by atoms with E-state index in [1.165, 1.54) is 19.3 Å². The van der Waals surface area contributed by atoms with E-state index in [2.05, 4.69) is 37.2 Å². The molecule has 8 nitrogen and oxygen atoms in total. The van der Waals surface area contributed by atoms with E-state index in [1.807, 2.05) is 18.5 Å². The minimum Gasteiger partial charge on any atom is -0.389 e. The van der Waals surface area contributed by atoms with Gasteiger partial charge in [-0.3, -0.25) is 9.58 Å². The van der Waals surface area contributed by atoms with Crippen LogP contribution in [0.4, 0.5) is 11.6 Å². The maximum absolute atomic E-state index is 10.2. The fraction of sp³-hybridized carbons (Fsp3) is 0.560. The molecule has 8 rings (SSSR count). The van der Waals surface area contributed by atoms with Crippen LogP contribution in [0, 0.1) is 5.92 Å². The number of fused-ring (bicyclic) bond motifs is 1. The molecule has 0 radical (unpaired) electrons. The lowest BCUT2D eigenvalue weighted by Crippen LogP contribution is -2.59. The minimum absolute atomic E-state index is 0.119. The van der Waals surface area contributed by atoms with Gasteiger partial charge in [0.1, 0.15) is 0 Å². The molecular weight excluding hydrogens is 452 g/mol. The Hall–Kier alpha value is -2.26. The van der Waals surface area contributed by atoms with Crippen LogP contribution in [-0.2, 0) is 10.3 Å². The van der Waals surface area contributed by atoms with Crippen LogP contribution in [0.25, 0.3) is 10.9 Å². The SMILES string of the molecule is OC1COCC1N1CCC(c2cc3nc(Nc4cnn(C56CC(C5)C6)c4)ncc3cc2Cl)CC1. The number of aromatic nitrogens is 4. The van der Waals surface area contributed by atoms with E-state index < -0.39 is 0 Å². The predicted molar refractivity (Wildman–Crippen MR) is 130 cm³/mol. The fourth-order valence-corrected chi connectivity index (χ4v) is 6.68. The van der Waals surface area contributed by atoms with Gasteiger partial charge in [0.15, 0.2) is 0 Å². The molecule has 2 unspecified atom stereocenters. The molecule has 2 bridgehead atoms. The van der Waals surface area contributed by atoms with Gasteiger partial charge >= 0.3 is 0 Å². The first-order valence-corrected chi connectivity index (χ1v) is 12.7. The molecule has 4 heterocycles. The zero-order chi connectivity index (χ0) is 22.9. The second-order valence-corrected chi connectivity index (χ2v) is 11.0. The number of aliphatic hydroxyl groups is 1. The van der Waals surface area contributed by atoms with Crippen LogP contribution in [0.3, 0.4) is 0 Å². The lowest BCUT2D eigenvalue weighted by molar-refractivity contribution is -0.0977. The summed E-state index contributed by atoms with van der Waals surface area (Å²) < 4.78 is 7.57. The molecule has 3 aliphatic carbocycles. The summed E-state index contributed by atoms with van der Waals surface area (Å²) in [4.78, 5) is 11.7. The highest BCUT2D eigenvalue weighted by atomic mass is 35.5. The summed E-state index contributed by atoms with van der Waals surface area (Å²) in [6.07, 6.45) is 11.2. The summed E-state index contributed by atoms with van der Waals surface area (Å²) in [6.45, 7) is 2.94. The van der Waals surface area contributed by atoms with Gasteiger partial charge in [-0.2, -0.15) is 5.10 Å². The second kappa shape index (κ2) is 7.88. The van der Waals surface area contributed by atoms with E-state index in [1.54, 1.807) is 0 Å². The molecule has 34 heavy (non-hydrogen) atoms. The topological polar surface area (TPSA) is 88.3 Å². The van der Waals surface area contributed by atoms with Crippen LogP contribution in [0.15, 0.2) is 30.7 Å². The van der Waals surface area contributed by atoms with Crippen LogP contribution >= 0.6 is 11.6 Å². The van der Waals surface area contributed by atoms with Gasteiger partial charge in [0.25, 0.3) is 0 Å². The van der Waals surface area contributed by atoms with Crippen LogP contribution in [0.1, 0.15) is 43.6 Å². The van der Waals surface area contributed by atoms with Crippen LogP contribution < -0.4 is 5.32 Å². The van der Waals surface area contributed by atoms with E-state index in [0.29, 0.717) is 25.1 Å². The Kier molecular flexibility index (Phi) is 4.88. The van der Waals surface area contributed by atoms with Crippen molar-refractivity contribution in [3.63, 3.8) is 0 Å². The highest BCUT2D eigenvalue weighted by Crippen LogP contribution is 2.62. The maximum Gasteiger partial charge on any atom is 0.227 e. The van der Waals surface area contributed by atoms with Gasteiger partial charge < -0.3 is 15.2 Å². The van der Waals surface area contributed by atoms with Crippen molar-refractivity contribution in [2.45, 2.75) is 55.7 Å². The number of halogens is 1. The number of anilines is 2. The number of hydrogen-bond acceptors (Lipinski definition) is 7. The standard InChI is InChI=1S/C25H29ClN6O2/c26-20-5-17-10-27-24(29-18-11-28-32(12-18)25-7-15(8-25)9-25)30-21(17)6-19(20)16-1-3-31(4-2-16)22-13-34-14-23(22)33/h5-6,10-12,15-16,22-23,33H,1-4,7-9,13-14H2,(H,27,29,30). The highest BCUT2D eigenvalue weighted by molar-refractivity contribution is 6.32. The van der Waals surface area contributed by atoms with Gasteiger partial charge in [-0.05, 0) is 74.7 Å². The number of ether oxygens (including phenoxy) is 1. The zero-order valence-corrected chi connectivity index (χ0v) is 19.8. The Morgan fingerprint density at radius 1 is 1.12 bits per heavy atom. The molecule has 2 N–H and O–H groups in total. The Labute approximate surface area is 203 Å². The number of nitrogens with one attached hydrogen (secondary N) is 1. The Morgan fingerprint density at radius 2 is 1.94 bits per heavy atom. The molecule has 3 saturated carbocycles. The molecule has 178 valence electrons. The fourth-order valence-electron chi connectivity index (χ4n) is 6.35. The number of benzene rings is 1. The van der Waals surface area contributed by atoms with Crippen molar-refractivity contribution >= 4 is 34.1 Å². The molecule has 9 heteroatoms. The third-order valence-electron chi connectivity index (χ3n) is 8.49. The van der Waals surface area contributed by atoms with Gasteiger partial charge in [-0.15, -0.1) is 0 Å². The maximum atomic E-state index is 10.2. The molecule has 2 atom stereocenters. The summed E-state index contributed by atoms with van der Waals surface area (Å²) in [5.74, 6) is 1.87. The average Bonchev–Trinajstić information content (AvgIpc) is 3.41. The highest BCUT2D eigenvalue weighted by Gasteiger charge is 2.58. The van der Waals surface area contributed by atoms with E-state index in [4.69, 9.17) is 21.3 Å². The van der Waals surface area contributed by atoms with Gasteiger partial charge in [-0.1, -0.05) is 11.6 Å². The van der Waals surface area contributed by atoms with E-state index in [0.717, 1.165) is 59.0 Å². The van der Waals surface area contributed by atoms with Crippen LogP contribution in [-0.4, -0.2) is 68.2 Å². The first-order chi connectivity index (χ1) is 16.6. The Balaban J connectivity index is 1.08. The smallest absolute Gasteiger partial charge is 0.227 e. The summed E-state index contributed by atoms with van der Waals surface area (Å²) >= 11 is 6.71. The molecule has 3 aromatic rings. The van der Waals surface area contributed by atoms with Crippen molar-refractivity contribution in [2.75, 3.05) is 31.6 Å². The largest absolute Gasteiger partial charge is 0.389 e. The van der Waals surface area contributed by atoms with Crippen molar-refractivity contribution < 1.29 is 9.84 Å². The first kappa shape index (κ1) is 21.1. The summed E-state index contributed by atoms with van der Waals surface area (Å²) in [7, 11) is 0. The van der Waals surface area contributed by atoms with Gasteiger partial charge in [0.05, 0.1) is 48.3 Å². The van der Waals surface area contributed by atoms with Gasteiger partial charge in [0.2, 0.25) is 5.95 Å². The number of rotatable bonds is 5. The molecule has 0 spiro atoms. The van der Waals surface area contributed by atoms with Gasteiger partial charge in [0, 0.05) is 22.8 Å². The van der Waals surface area contributed by atoms with Crippen molar-refractivity contribution in [3.8, 4) is 0 Å². The Morgan fingerprint density at radius 3 is 2.65 bits per heavy atom. The van der Waals surface area contributed by atoms with E-state index in [-0.39, 0.29) is 17.7 Å². The van der Waals surface area contributed by atoms with Crippen LogP contribution in [0.5, 0.6) is 0 Å². The molecule has 2 saturated heterocycles. The van der Waals surface area contributed by atoms with Crippen molar-refractivity contribution in [1.82, 2.24) is 24.6 Å². The Bertz CT molecular complexity index is 1220. The van der Waals surface area contributed by atoms with Crippen molar-refractivity contribution in [3.05, 3.63) is 41.3 Å². The average molecular weight is 481 g/mol. The summed E-state index contributed by atoms with van der Waals surface area (Å²) in [6, 6.07) is 4.23. The summed E-state index contributed by atoms with van der Waals surface area (Å²) in [5, 5.41) is 19.8. The molecule has 1 aromatic carbocycles. The third kappa shape index (κ3) is 3.42. The summed E-state index contributed by atoms with van der Waals surface area (Å²) in [5.41, 5.74) is 3.24. The quantitative estimate of drug-likeness (QED) is 0.576. The molecule has 5 fully saturated rings. The van der Waals surface area contributed by atoms with E-state index >= 15 is 0 Å². The van der Waals surface area contributed by atoms with Crippen molar-refractivity contribution in [1.29, 1.82) is 0 Å². The molecule has 0 amide bonds. The minimum atomic E-state index is -0.380. The number of hydrogen-bond donors (Lipinski definition) is 2.